The van der Waals surface area contributed by atoms with Gasteiger partial charge in [0.25, 0.3) is 10.0 Å². The Morgan fingerprint density at radius 3 is 2.58 bits per heavy atom. The highest BCUT2D eigenvalue weighted by atomic mass is 32.2. The first-order chi connectivity index (χ1) is 15.8. The average molecular weight is 470 g/mol. The van der Waals surface area contributed by atoms with Crippen LogP contribution in [0.5, 0.6) is 5.75 Å². The fraction of sp³-hybridized carbons (Fsp3) is 0.333. The Labute approximate surface area is 193 Å². The number of hydrogen-bond acceptors (Lipinski definition) is 6. The van der Waals surface area contributed by atoms with Gasteiger partial charge in [0.15, 0.2) is 10.7 Å². The number of fused-ring (bicyclic) bond motifs is 1. The molecule has 1 atom stereocenters. The van der Waals surface area contributed by atoms with Gasteiger partial charge >= 0.3 is 0 Å². The van der Waals surface area contributed by atoms with Crippen LogP contribution in [-0.4, -0.2) is 33.1 Å². The lowest BCUT2D eigenvalue weighted by molar-refractivity contribution is -0.120. The van der Waals surface area contributed by atoms with E-state index >= 15 is 0 Å². The maximum absolute atomic E-state index is 13.6. The number of carbonyl (C=O) groups excluding carboxylic acids is 1. The predicted octanol–water partition coefficient (Wildman–Crippen LogP) is 3.69. The number of ether oxygens (including phenoxy) is 1. The number of carbonyl (C=O) groups is 1. The second-order valence-electron chi connectivity index (χ2n) is 8.07. The summed E-state index contributed by atoms with van der Waals surface area (Å²) in [6.07, 6.45) is 2.74. The van der Waals surface area contributed by atoms with Crippen molar-refractivity contribution in [1.29, 1.82) is 0 Å². The maximum atomic E-state index is 13.6. The molecule has 1 aromatic heterocycles. The Bertz CT molecular complexity index is 1230. The highest BCUT2D eigenvalue weighted by molar-refractivity contribution is 7.93. The van der Waals surface area contributed by atoms with Crippen LogP contribution in [-0.2, 0) is 21.2 Å². The Kier molecular flexibility index (Phi) is 6.42. The molecule has 0 aliphatic heterocycles. The number of amides is 1. The van der Waals surface area contributed by atoms with Crippen molar-refractivity contribution < 1.29 is 22.5 Å². The van der Waals surface area contributed by atoms with Crippen molar-refractivity contribution in [2.24, 2.45) is 0 Å². The summed E-state index contributed by atoms with van der Waals surface area (Å²) in [5, 5.41) is 6.82. The smallest absolute Gasteiger partial charge is 0.270 e. The van der Waals surface area contributed by atoms with Crippen molar-refractivity contribution in [2.45, 2.75) is 44.0 Å². The van der Waals surface area contributed by atoms with Gasteiger partial charge < -0.3 is 14.6 Å². The number of nitrogens with one attached hydrogen (secondary N) is 1. The molecule has 1 aliphatic carbocycles. The molecule has 2 aromatic carbocycles. The van der Waals surface area contributed by atoms with Crippen LogP contribution >= 0.6 is 0 Å². The van der Waals surface area contributed by atoms with Crippen LogP contribution < -0.4 is 14.4 Å². The Morgan fingerprint density at radius 2 is 1.91 bits per heavy atom. The van der Waals surface area contributed by atoms with E-state index in [0.717, 1.165) is 29.1 Å². The normalized spacial score (nSPS) is 15.5. The van der Waals surface area contributed by atoms with Crippen molar-refractivity contribution in [3.63, 3.8) is 0 Å². The molecule has 3 aromatic rings. The SMILES string of the molecule is COc1ccc(N(CC(=O)N[C@@H]2CCCc3ccccc32)S(=O)(=O)c2c(C)noc2C)cc1. The second-order valence-corrected chi connectivity index (χ2v) is 9.87. The molecule has 1 heterocycles. The van der Waals surface area contributed by atoms with Crippen LogP contribution in [0.1, 0.15) is 41.5 Å². The molecule has 8 nitrogen and oxygen atoms in total. The number of nitrogens with zero attached hydrogens (tertiary/aromatic N) is 2. The number of aryl methyl sites for hydroxylation is 3. The quantitative estimate of drug-likeness (QED) is 0.566. The maximum Gasteiger partial charge on any atom is 0.270 e. The summed E-state index contributed by atoms with van der Waals surface area (Å²) in [5.74, 6) is 0.368. The minimum Gasteiger partial charge on any atom is -0.497 e. The largest absolute Gasteiger partial charge is 0.497 e. The van der Waals surface area contributed by atoms with Crippen LogP contribution in [0.2, 0.25) is 0 Å². The van der Waals surface area contributed by atoms with Gasteiger partial charge in [-0.1, -0.05) is 29.4 Å². The van der Waals surface area contributed by atoms with Crippen molar-refractivity contribution in [1.82, 2.24) is 10.5 Å². The van der Waals surface area contributed by atoms with Gasteiger partial charge in [-0.15, -0.1) is 0 Å². The lowest BCUT2D eigenvalue weighted by atomic mass is 9.88. The van der Waals surface area contributed by atoms with Gasteiger partial charge in [0.2, 0.25) is 5.91 Å². The molecule has 1 amide bonds. The van der Waals surface area contributed by atoms with E-state index in [-0.39, 0.29) is 34.8 Å². The van der Waals surface area contributed by atoms with E-state index in [9.17, 15) is 13.2 Å². The van der Waals surface area contributed by atoms with Crippen molar-refractivity contribution >= 4 is 21.6 Å². The second kappa shape index (κ2) is 9.27. The summed E-state index contributed by atoms with van der Waals surface area (Å²) in [4.78, 5) is 13.1. The molecule has 1 N–H and O–H groups in total. The molecular formula is C24H27N3O5S. The number of aromatic nitrogens is 1. The summed E-state index contributed by atoms with van der Waals surface area (Å²) in [6.45, 7) is 2.73. The van der Waals surface area contributed by atoms with Crippen molar-refractivity contribution in [2.75, 3.05) is 18.0 Å². The van der Waals surface area contributed by atoms with Crippen LogP contribution in [0.4, 0.5) is 5.69 Å². The van der Waals surface area contributed by atoms with Gasteiger partial charge in [-0.2, -0.15) is 0 Å². The Balaban J connectivity index is 1.65. The third kappa shape index (κ3) is 4.59. The minimum absolute atomic E-state index is 0.0332. The van der Waals surface area contributed by atoms with Crippen molar-refractivity contribution in [3.05, 3.63) is 71.1 Å². The van der Waals surface area contributed by atoms with Crippen LogP contribution in [0.3, 0.4) is 0 Å². The zero-order valence-electron chi connectivity index (χ0n) is 18.9. The van der Waals surface area contributed by atoms with E-state index in [2.05, 4.69) is 16.5 Å². The first-order valence-electron chi connectivity index (χ1n) is 10.8. The van der Waals surface area contributed by atoms with Gasteiger partial charge in [-0.25, -0.2) is 8.42 Å². The zero-order valence-corrected chi connectivity index (χ0v) is 19.7. The number of methoxy groups -OCH3 is 1. The molecule has 174 valence electrons. The van der Waals surface area contributed by atoms with Crippen LogP contribution in [0.15, 0.2) is 57.9 Å². The van der Waals surface area contributed by atoms with E-state index in [4.69, 9.17) is 9.26 Å². The average Bonchev–Trinajstić information content (AvgIpc) is 3.16. The molecule has 0 spiro atoms. The highest BCUT2D eigenvalue weighted by Crippen LogP contribution is 2.31. The lowest BCUT2D eigenvalue weighted by Crippen LogP contribution is -2.42. The van der Waals surface area contributed by atoms with E-state index < -0.39 is 10.0 Å². The fourth-order valence-corrected chi connectivity index (χ4v) is 6.01. The molecule has 0 unspecified atom stereocenters. The van der Waals surface area contributed by atoms with E-state index in [1.165, 1.54) is 19.6 Å². The van der Waals surface area contributed by atoms with Crippen LogP contribution in [0.25, 0.3) is 0 Å². The van der Waals surface area contributed by atoms with Gasteiger partial charge in [-0.05, 0) is 68.5 Å². The Hall–Kier alpha value is -3.33. The summed E-state index contributed by atoms with van der Waals surface area (Å²) >= 11 is 0. The minimum atomic E-state index is -4.11. The highest BCUT2D eigenvalue weighted by Gasteiger charge is 2.33. The summed E-state index contributed by atoms with van der Waals surface area (Å²) in [5.41, 5.74) is 2.88. The van der Waals surface area contributed by atoms with Gasteiger partial charge in [0, 0.05) is 0 Å². The topological polar surface area (TPSA) is 102 Å². The summed E-state index contributed by atoms with van der Waals surface area (Å²) in [7, 11) is -2.58. The molecule has 0 saturated carbocycles. The number of hydrogen-bond donors (Lipinski definition) is 1. The molecule has 0 bridgehead atoms. The first-order valence-corrected chi connectivity index (χ1v) is 12.2. The predicted molar refractivity (Wildman–Crippen MR) is 124 cm³/mol. The van der Waals surface area contributed by atoms with E-state index in [1.54, 1.807) is 31.2 Å². The first kappa shape index (κ1) is 22.8. The third-order valence-electron chi connectivity index (χ3n) is 5.87. The molecule has 0 saturated heterocycles. The van der Waals surface area contributed by atoms with Crippen molar-refractivity contribution in [3.8, 4) is 5.75 Å². The number of rotatable bonds is 7. The Morgan fingerprint density at radius 1 is 1.18 bits per heavy atom. The van der Waals surface area contributed by atoms with Gasteiger partial charge in [-0.3, -0.25) is 9.10 Å². The zero-order chi connectivity index (χ0) is 23.6. The molecule has 0 fully saturated rings. The standard InChI is InChI=1S/C24H27N3O5S/c1-16-24(17(2)32-26-16)33(29,30)27(19-11-13-20(31-3)14-12-19)15-23(28)25-22-10-6-8-18-7-4-5-9-21(18)22/h4-5,7,9,11-14,22H,6,8,10,15H2,1-3H3,(H,25,28)/t22-/m1/s1. The van der Waals surface area contributed by atoms with Crippen LogP contribution in [0, 0.1) is 13.8 Å². The van der Waals surface area contributed by atoms with Gasteiger partial charge in [0.1, 0.15) is 18.0 Å². The number of anilines is 1. The third-order valence-corrected chi connectivity index (χ3v) is 7.89. The fourth-order valence-electron chi connectivity index (χ4n) is 4.29. The monoisotopic (exact) mass is 469 g/mol. The summed E-state index contributed by atoms with van der Waals surface area (Å²) in [6, 6.07) is 14.4. The molecule has 0 radical (unpaired) electrons. The van der Waals surface area contributed by atoms with Gasteiger partial charge in [0.05, 0.1) is 18.8 Å². The molecule has 4 rings (SSSR count). The molecular weight excluding hydrogens is 442 g/mol. The molecule has 1 aliphatic rings. The number of benzene rings is 2. The van der Waals surface area contributed by atoms with E-state index in [1.807, 2.05) is 18.2 Å². The lowest BCUT2D eigenvalue weighted by Gasteiger charge is -2.28. The molecule has 9 heteroatoms. The molecule has 33 heavy (non-hydrogen) atoms. The van der Waals surface area contributed by atoms with E-state index in [0.29, 0.717) is 11.4 Å². The summed E-state index contributed by atoms with van der Waals surface area (Å²) < 4.78 is 38.6. The number of sulfonamides is 1.